The number of rotatable bonds is 3. The first kappa shape index (κ1) is 13.6. The minimum absolute atomic E-state index is 0.202. The van der Waals surface area contributed by atoms with Crippen LogP contribution in [0.2, 0.25) is 5.02 Å². The van der Waals surface area contributed by atoms with E-state index in [9.17, 15) is 0 Å². The van der Waals surface area contributed by atoms with E-state index in [1.807, 2.05) is 25.2 Å². The van der Waals surface area contributed by atoms with Gasteiger partial charge >= 0.3 is 0 Å². The smallest absolute Gasteiger partial charge is 0.107 e. The summed E-state index contributed by atoms with van der Waals surface area (Å²) >= 11 is 11.3. The molecule has 1 aromatic carbocycles. The van der Waals surface area contributed by atoms with Gasteiger partial charge in [-0.05, 0) is 25.5 Å². The van der Waals surface area contributed by atoms with E-state index in [0.29, 0.717) is 16.1 Å². The molecule has 2 rings (SSSR count). The van der Waals surface area contributed by atoms with Crippen molar-refractivity contribution in [1.29, 1.82) is 0 Å². The molecule has 2 N–H and O–H groups in total. The fraction of sp³-hybridized carbons (Fsp3) is 0.462. The maximum Gasteiger partial charge on any atom is 0.107 e. The van der Waals surface area contributed by atoms with Crippen molar-refractivity contribution < 1.29 is 4.74 Å². The van der Waals surface area contributed by atoms with Crippen LogP contribution in [0.15, 0.2) is 18.2 Å². The Labute approximate surface area is 118 Å². The van der Waals surface area contributed by atoms with Crippen molar-refractivity contribution in [2.45, 2.75) is 25.5 Å². The van der Waals surface area contributed by atoms with Crippen molar-refractivity contribution in [3.63, 3.8) is 0 Å². The third-order valence-corrected chi connectivity index (χ3v) is 3.97. The number of halogens is 1. The van der Waals surface area contributed by atoms with Gasteiger partial charge in [-0.1, -0.05) is 29.9 Å². The van der Waals surface area contributed by atoms with Gasteiger partial charge in [-0.15, -0.1) is 0 Å². The Kier molecular flexibility index (Phi) is 4.10. The van der Waals surface area contributed by atoms with E-state index in [2.05, 4.69) is 11.8 Å². The predicted molar refractivity (Wildman–Crippen MR) is 79.6 cm³/mol. The molecule has 2 atom stereocenters. The number of thiocarbonyl (C=S) groups is 1. The molecule has 0 spiro atoms. The molecule has 0 bridgehead atoms. The lowest BCUT2D eigenvalue weighted by atomic mass is 10.1. The van der Waals surface area contributed by atoms with E-state index in [4.69, 9.17) is 34.3 Å². The average Bonchev–Trinajstić information content (AvgIpc) is 2.73. The lowest BCUT2D eigenvalue weighted by molar-refractivity contribution is 0.118. The fourth-order valence-electron chi connectivity index (χ4n) is 2.46. The number of ether oxygens (including phenoxy) is 1. The Bertz CT molecular complexity index is 466. The number of likely N-dealkylation sites (N-methyl/N-ethyl adjacent to an activating group) is 1. The molecule has 3 nitrogen and oxygen atoms in total. The van der Waals surface area contributed by atoms with Gasteiger partial charge in [-0.2, -0.15) is 0 Å². The standard InChI is InChI=1S/C13H17ClN2OS/c1-8-10(6-7-17-8)16(2)11-5-3-4-9(14)12(11)13(15)18/h3-5,8,10H,6-7H2,1-2H3,(H2,15,18). The van der Waals surface area contributed by atoms with Crippen LogP contribution in [0.1, 0.15) is 18.9 Å². The largest absolute Gasteiger partial charge is 0.389 e. The van der Waals surface area contributed by atoms with E-state index in [1.54, 1.807) is 0 Å². The maximum absolute atomic E-state index is 6.19. The second kappa shape index (κ2) is 5.43. The van der Waals surface area contributed by atoms with Crippen molar-refractivity contribution in [2.75, 3.05) is 18.6 Å². The molecule has 0 radical (unpaired) electrons. The van der Waals surface area contributed by atoms with Gasteiger partial charge in [0.25, 0.3) is 0 Å². The maximum atomic E-state index is 6.19. The predicted octanol–water partition coefficient (Wildman–Crippen LogP) is 2.59. The molecule has 0 amide bonds. The quantitative estimate of drug-likeness (QED) is 0.866. The summed E-state index contributed by atoms with van der Waals surface area (Å²) in [5.74, 6) is 0. The Balaban J connectivity index is 2.38. The highest BCUT2D eigenvalue weighted by molar-refractivity contribution is 7.80. The minimum Gasteiger partial charge on any atom is -0.389 e. The summed E-state index contributed by atoms with van der Waals surface area (Å²) in [6.45, 7) is 2.87. The van der Waals surface area contributed by atoms with Crippen LogP contribution in [0.5, 0.6) is 0 Å². The van der Waals surface area contributed by atoms with Gasteiger partial charge in [0, 0.05) is 19.3 Å². The zero-order valence-corrected chi connectivity index (χ0v) is 12.1. The average molecular weight is 285 g/mol. The Morgan fingerprint density at radius 3 is 2.83 bits per heavy atom. The molecule has 5 heteroatoms. The molecule has 98 valence electrons. The van der Waals surface area contributed by atoms with Crippen LogP contribution >= 0.6 is 23.8 Å². The van der Waals surface area contributed by atoms with Crippen LogP contribution in [-0.4, -0.2) is 30.8 Å². The summed E-state index contributed by atoms with van der Waals surface area (Å²) < 4.78 is 5.60. The van der Waals surface area contributed by atoms with Crippen LogP contribution in [0.3, 0.4) is 0 Å². The highest BCUT2D eigenvalue weighted by atomic mass is 35.5. The van der Waals surface area contributed by atoms with E-state index >= 15 is 0 Å². The van der Waals surface area contributed by atoms with Crippen LogP contribution in [0, 0.1) is 0 Å². The van der Waals surface area contributed by atoms with E-state index in [-0.39, 0.29) is 6.10 Å². The third kappa shape index (κ3) is 2.46. The first-order chi connectivity index (χ1) is 8.52. The van der Waals surface area contributed by atoms with Gasteiger partial charge in [-0.3, -0.25) is 0 Å². The summed E-state index contributed by atoms with van der Waals surface area (Å²) in [6, 6.07) is 6.04. The molecule has 0 aliphatic carbocycles. The summed E-state index contributed by atoms with van der Waals surface area (Å²) in [6.07, 6.45) is 1.20. The summed E-state index contributed by atoms with van der Waals surface area (Å²) in [5.41, 5.74) is 7.49. The third-order valence-electron chi connectivity index (χ3n) is 3.45. The highest BCUT2D eigenvalue weighted by Crippen LogP contribution is 2.31. The second-order valence-corrected chi connectivity index (χ2v) is 5.39. The van der Waals surface area contributed by atoms with E-state index in [1.165, 1.54) is 0 Å². The second-order valence-electron chi connectivity index (χ2n) is 4.54. The van der Waals surface area contributed by atoms with Crippen LogP contribution in [0.4, 0.5) is 5.69 Å². The Hall–Kier alpha value is -0.840. The molecular formula is C13H17ClN2OS. The molecule has 1 aliphatic heterocycles. The topological polar surface area (TPSA) is 38.5 Å². The molecule has 1 aliphatic rings. The van der Waals surface area contributed by atoms with Gasteiger partial charge in [0.15, 0.2) is 0 Å². The SMILES string of the molecule is CC1OCCC1N(C)c1cccc(Cl)c1C(N)=S. The van der Waals surface area contributed by atoms with Crippen molar-refractivity contribution in [3.8, 4) is 0 Å². The first-order valence-corrected chi connectivity index (χ1v) is 6.73. The lowest BCUT2D eigenvalue weighted by Crippen LogP contribution is -2.37. The van der Waals surface area contributed by atoms with Gasteiger partial charge in [-0.25, -0.2) is 0 Å². The molecule has 1 heterocycles. The van der Waals surface area contributed by atoms with Crippen LogP contribution in [0.25, 0.3) is 0 Å². The van der Waals surface area contributed by atoms with Gasteiger partial charge in [0.1, 0.15) is 4.99 Å². The number of nitrogens with zero attached hydrogens (tertiary/aromatic N) is 1. The highest BCUT2D eigenvalue weighted by Gasteiger charge is 2.29. The molecule has 1 fully saturated rings. The Morgan fingerprint density at radius 1 is 1.56 bits per heavy atom. The summed E-state index contributed by atoms with van der Waals surface area (Å²) in [5, 5.41) is 0.596. The minimum atomic E-state index is 0.202. The number of nitrogens with two attached hydrogens (primary N) is 1. The molecule has 18 heavy (non-hydrogen) atoms. The van der Waals surface area contributed by atoms with Crippen molar-refractivity contribution >= 4 is 34.5 Å². The van der Waals surface area contributed by atoms with Crippen LogP contribution < -0.4 is 10.6 Å². The van der Waals surface area contributed by atoms with Gasteiger partial charge < -0.3 is 15.4 Å². The molecule has 1 saturated heterocycles. The number of hydrogen-bond donors (Lipinski definition) is 1. The normalized spacial score (nSPS) is 23.1. The fourth-order valence-corrected chi connectivity index (χ4v) is 3.00. The lowest BCUT2D eigenvalue weighted by Gasteiger charge is -2.30. The summed E-state index contributed by atoms with van der Waals surface area (Å²) in [4.78, 5) is 2.49. The van der Waals surface area contributed by atoms with Gasteiger partial charge in [0.2, 0.25) is 0 Å². The molecule has 0 aromatic heterocycles. The zero-order valence-electron chi connectivity index (χ0n) is 10.5. The Morgan fingerprint density at radius 2 is 2.28 bits per heavy atom. The number of anilines is 1. The van der Waals surface area contributed by atoms with Gasteiger partial charge in [0.05, 0.1) is 22.7 Å². The van der Waals surface area contributed by atoms with Crippen molar-refractivity contribution in [1.82, 2.24) is 0 Å². The number of benzene rings is 1. The molecule has 1 aromatic rings. The summed E-state index contributed by atoms with van der Waals surface area (Å²) in [7, 11) is 2.03. The monoisotopic (exact) mass is 284 g/mol. The van der Waals surface area contributed by atoms with E-state index < -0.39 is 0 Å². The molecule has 2 unspecified atom stereocenters. The zero-order chi connectivity index (χ0) is 13.3. The molecule has 0 saturated carbocycles. The van der Waals surface area contributed by atoms with Crippen molar-refractivity contribution in [2.24, 2.45) is 5.73 Å². The first-order valence-electron chi connectivity index (χ1n) is 5.95. The number of hydrogen-bond acceptors (Lipinski definition) is 3. The van der Waals surface area contributed by atoms with Crippen molar-refractivity contribution in [3.05, 3.63) is 28.8 Å². The molecular weight excluding hydrogens is 268 g/mol. The van der Waals surface area contributed by atoms with Crippen LogP contribution in [-0.2, 0) is 4.74 Å². The van der Waals surface area contributed by atoms with E-state index in [0.717, 1.165) is 24.3 Å².